The third kappa shape index (κ3) is 17.3. The number of aliphatic hydroxyl groups is 3. The molecule has 3 N–H and O–H groups in total. The van der Waals surface area contributed by atoms with Gasteiger partial charge in [-0.15, -0.1) is 0 Å². The van der Waals surface area contributed by atoms with Crippen LogP contribution in [0.2, 0.25) is 19.6 Å². The van der Waals surface area contributed by atoms with Gasteiger partial charge in [0.05, 0.1) is 23.4 Å². The molecule has 0 radical (unpaired) electrons. The molecule has 0 saturated heterocycles. The van der Waals surface area contributed by atoms with E-state index in [-0.39, 0.29) is 5.60 Å². The first kappa shape index (κ1) is 65.3. The number of Topliss-reactive ketones (excluding diaryl/α,β-unsaturated/α-hetero) is 1. The highest BCUT2D eigenvalue weighted by Crippen LogP contribution is 2.60. The molecule has 6 aliphatic rings. The van der Waals surface area contributed by atoms with Gasteiger partial charge >= 0.3 is 0 Å². The Labute approximate surface area is 483 Å². The van der Waals surface area contributed by atoms with Crippen molar-refractivity contribution in [3.8, 4) is 0 Å². The van der Waals surface area contributed by atoms with Crippen LogP contribution in [0.5, 0.6) is 0 Å². The zero-order valence-corrected chi connectivity index (χ0v) is 54.0. The molecular weight excluding hydrogens is 1010 g/mol. The maximum absolute atomic E-state index is 14.1. The van der Waals surface area contributed by atoms with Crippen LogP contribution < -0.4 is 10.6 Å². The second kappa shape index (κ2) is 27.7. The predicted octanol–water partition coefficient (Wildman–Crippen LogP) is 17.5. The molecule has 12 atom stereocenters. The van der Waals surface area contributed by atoms with E-state index in [1.54, 1.807) is 5.57 Å². The molecule has 2 aromatic rings. The Balaban J connectivity index is 0.000000193. The summed E-state index contributed by atoms with van der Waals surface area (Å²) in [6.07, 6.45) is 28.2. The quantitative estimate of drug-likeness (QED) is 0.108. The van der Waals surface area contributed by atoms with Crippen molar-refractivity contribution >= 4 is 31.9 Å². The van der Waals surface area contributed by atoms with E-state index < -0.39 is 33.3 Å². The lowest BCUT2D eigenvalue weighted by molar-refractivity contribution is -0.130. The molecule has 8 rings (SSSR count). The van der Waals surface area contributed by atoms with Crippen molar-refractivity contribution in [3.05, 3.63) is 120 Å². The van der Waals surface area contributed by atoms with Crippen LogP contribution in [0.1, 0.15) is 198 Å². The molecule has 6 saturated carbocycles. The molecule has 6 aliphatic carbocycles. The van der Waals surface area contributed by atoms with Crippen LogP contribution in [0.4, 0.5) is 0 Å². The molecule has 0 amide bonds. The molecule has 440 valence electrons. The Bertz CT molecular complexity index is 2430. The number of fused-ring (bicyclic) bond motifs is 2. The van der Waals surface area contributed by atoms with Crippen LogP contribution in [-0.4, -0.2) is 59.0 Å². The minimum atomic E-state index is -2.67. The van der Waals surface area contributed by atoms with E-state index in [9.17, 15) is 24.7 Å². The number of benzene rings is 2. The lowest BCUT2D eigenvalue weighted by atomic mass is 9.60. The van der Waals surface area contributed by atoms with Gasteiger partial charge < -0.3 is 24.3 Å². The summed E-state index contributed by atoms with van der Waals surface area (Å²) in [6.45, 7) is 37.9. The fourth-order valence-corrected chi connectivity index (χ4v) is 20.6. The Morgan fingerprint density at radius 1 is 0.734 bits per heavy atom. The summed E-state index contributed by atoms with van der Waals surface area (Å²) in [5, 5.41) is 32.1. The molecule has 0 bridgehead atoms. The Morgan fingerprint density at radius 2 is 1.27 bits per heavy atom. The predicted molar refractivity (Wildman–Crippen MR) is 338 cm³/mol. The molecule has 0 spiro atoms. The van der Waals surface area contributed by atoms with Crippen molar-refractivity contribution in [1.82, 2.24) is 0 Å². The largest absolute Gasteiger partial charge is 0.413 e. The zero-order chi connectivity index (χ0) is 58.1. The molecule has 6 nitrogen and oxygen atoms in total. The maximum atomic E-state index is 14.1. The number of aliphatic hydroxyl groups excluding tert-OH is 2. The molecular formula is C71H111O6PSi. The van der Waals surface area contributed by atoms with E-state index >= 15 is 0 Å². The van der Waals surface area contributed by atoms with Gasteiger partial charge in [-0.2, -0.15) is 0 Å². The van der Waals surface area contributed by atoms with Crippen LogP contribution in [0.15, 0.2) is 120 Å². The van der Waals surface area contributed by atoms with Crippen LogP contribution in [0.25, 0.3) is 0 Å². The van der Waals surface area contributed by atoms with Gasteiger partial charge in [-0.25, -0.2) is 0 Å². The van der Waals surface area contributed by atoms with E-state index in [0.717, 1.165) is 84.5 Å². The van der Waals surface area contributed by atoms with Crippen LogP contribution in [0.3, 0.4) is 0 Å². The number of carbonyl (C=O) groups excluding carboxylic acids is 1. The molecule has 2 unspecified atom stereocenters. The fraction of sp³-hybridized carbons (Fsp3) is 0.676. The number of rotatable bonds is 17. The van der Waals surface area contributed by atoms with Crippen molar-refractivity contribution in [2.75, 3.05) is 6.16 Å². The SMILES string of the molecule is C=C1/C(=C\C=C2/CCC[C@@]3(C)C2CC[C@@H]3[C@H](C)CCCC(C)(C)O)C[C@H](O)C[C@@H]1O.C=C1/C(=C\CP(=O)(c2ccccc2)c2ccccc2)C[C@H](C)C[C@@H]1C.C[C@H](CCCC(C)(C)O[Si](C)(C)C)[C@H]1CCC2C(=O)CCC[C@@]21C. The fourth-order valence-electron chi connectivity index (χ4n) is 16.4. The lowest BCUT2D eigenvalue weighted by Crippen LogP contribution is -2.39. The molecule has 8 heteroatoms. The van der Waals surface area contributed by atoms with Gasteiger partial charge in [0.1, 0.15) is 12.9 Å². The zero-order valence-electron chi connectivity index (χ0n) is 52.1. The number of ketones is 1. The Kier molecular flexibility index (Phi) is 22.8. The van der Waals surface area contributed by atoms with Crippen molar-refractivity contribution in [2.24, 2.45) is 58.2 Å². The van der Waals surface area contributed by atoms with Gasteiger partial charge in [-0.3, -0.25) is 4.79 Å². The smallest absolute Gasteiger partial charge is 0.184 e. The summed E-state index contributed by atoms with van der Waals surface area (Å²) in [5.74, 6) is 5.69. The third-order valence-electron chi connectivity index (χ3n) is 20.4. The lowest BCUT2D eigenvalue weighted by Gasteiger charge is -2.44. The molecule has 0 aromatic heterocycles. The minimum absolute atomic E-state index is 0.00705. The van der Waals surface area contributed by atoms with E-state index in [1.165, 1.54) is 81.8 Å². The standard InChI is InChI=1S/C27H44O3.C23H27OP.C21H40O2Si/c1-18(8-6-14-26(3,4)30)23-12-13-24-20(9-7-15-27(23,24)5)10-11-21-16-22(28)17-25(29)19(21)2;1-18-16-19(2)20(3)21(17-18)14-15-25(24,22-10-6-4-7-11-22)23-12-8-5-9-13-23;1-16(10-8-14-20(2,3)23-24(5,6)7)17-12-13-18-19(22)11-9-15-21(17,18)4/h10-11,18,22-25,28-30H,2,6-9,12-17H2,1,3-5H3;4-14,18-19H,3,15-17H2,1-2H3;16-18H,8-15H2,1-7H3/b20-10+,21-11-;21-14-;/t18-,22+,23-,24?,25+,27-;18-,19+;16-,17-,18?,21-/m111/s1. The first-order chi connectivity index (χ1) is 37.0. The molecule has 79 heavy (non-hydrogen) atoms. The van der Waals surface area contributed by atoms with Gasteiger partial charge in [0.2, 0.25) is 0 Å². The Hall–Kier alpha value is -2.90. The van der Waals surface area contributed by atoms with Gasteiger partial charge in [-0.05, 0) is 212 Å². The topological polar surface area (TPSA) is 104 Å². The molecule has 0 aliphatic heterocycles. The number of allylic oxidation sites excluding steroid dienone is 6. The summed E-state index contributed by atoms with van der Waals surface area (Å²) < 4.78 is 20.4. The monoisotopic (exact) mass is 1120 g/mol. The number of hydrogen-bond donors (Lipinski definition) is 3. The average molecular weight is 1120 g/mol. The van der Waals surface area contributed by atoms with Crippen molar-refractivity contribution in [3.63, 3.8) is 0 Å². The van der Waals surface area contributed by atoms with Gasteiger partial charge in [0.15, 0.2) is 8.32 Å². The van der Waals surface area contributed by atoms with Gasteiger partial charge in [0, 0.05) is 35.5 Å². The first-order valence-electron chi connectivity index (χ1n) is 31.4. The molecule has 2 aromatic carbocycles. The highest BCUT2D eigenvalue weighted by atomic mass is 31.2. The van der Waals surface area contributed by atoms with Gasteiger partial charge in [0.25, 0.3) is 0 Å². The van der Waals surface area contributed by atoms with Crippen molar-refractivity contribution in [1.29, 1.82) is 0 Å². The normalized spacial score (nSPS) is 31.9. The van der Waals surface area contributed by atoms with E-state index in [0.29, 0.717) is 65.2 Å². The van der Waals surface area contributed by atoms with Crippen molar-refractivity contribution < 1.29 is 29.1 Å². The summed E-state index contributed by atoms with van der Waals surface area (Å²) in [7, 11) is -4.15. The summed E-state index contributed by atoms with van der Waals surface area (Å²) in [4.78, 5) is 12.3. The molecule has 0 heterocycles. The van der Waals surface area contributed by atoms with E-state index in [2.05, 4.69) is 106 Å². The number of carbonyl (C=O) groups is 1. The van der Waals surface area contributed by atoms with E-state index in [4.69, 9.17) is 4.43 Å². The second-order valence-corrected chi connectivity index (χ2v) is 36.4. The van der Waals surface area contributed by atoms with Crippen molar-refractivity contribution in [2.45, 2.75) is 241 Å². The van der Waals surface area contributed by atoms with Crippen LogP contribution in [-0.2, 0) is 13.8 Å². The average Bonchev–Trinajstić information content (AvgIpc) is 4.10. The highest BCUT2D eigenvalue weighted by Gasteiger charge is 2.53. The van der Waals surface area contributed by atoms with Gasteiger partial charge in [-0.1, -0.05) is 165 Å². The Morgan fingerprint density at radius 3 is 1.82 bits per heavy atom. The minimum Gasteiger partial charge on any atom is -0.413 e. The maximum Gasteiger partial charge on any atom is 0.184 e. The summed E-state index contributed by atoms with van der Waals surface area (Å²) >= 11 is 0. The van der Waals surface area contributed by atoms with E-state index in [1.807, 2.05) is 74.5 Å². The number of hydrogen-bond acceptors (Lipinski definition) is 6. The van der Waals surface area contributed by atoms with Crippen LogP contribution >= 0.6 is 7.14 Å². The summed E-state index contributed by atoms with van der Waals surface area (Å²) in [5.41, 5.74) is 6.00. The molecule has 6 fully saturated rings. The van der Waals surface area contributed by atoms with Crippen LogP contribution in [0, 0.1) is 58.2 Å². The first-order valence-corrected chi connectivity index (χ1v) is 36.7. The summed E-state index contributed by atoms with van der Waals surface area (Å²) in [6, 6.07) is 19.8. The second-order valence-electron chi connectivity index (χ2n) is 29.0. The highest BCUT2D eigenvalue weighted by molar-refractivity contribution is 7.78. The third-order valence-corrected chi connectivity index (χ3v) is 24.5.